The second-order valence-corrected chi connectivity index (χ2v) is 9.01. The van der Waals surface area contributed by atoms with Crippen LogP contribution in [0.25, 0.3) is 0 Å². The van der Waals surface area contributed by atoms with Crippen molar-refractivity contribution >= 4 is 5.91 Å². The molecule has 1 atom stereocenters. The summed E-state index contributed by atoms with van der Waals surface area (Å²) in [6.07, 6.45) is 6.23. The van der Waals surface area contributed by atoms with Crippen LogP contribution in [0.2, 0.25) is 0 Å². The lowest BCUT2D eigenvalue weighted by molar-refractivity contribution is -0.130. The quantitative estimate of drug-likeness (QED) is 0.794. The number of likely N-dealkylation sites (tertiary alicyclic amines) is 2. The van der Waals surface area contributed by atoms with E-state index in [1.54, 1.807) is 10.7 Å². The van der Waals surface area contributed by atoms with Crippen LogP contribution in [-0.2, 0) is 16.8 Å². The first kappa shape index (κ1) is 20.1. The highest BCUT2D eigenvalue weighted by atomic mass is 16.2. The summed E-state index contributed by atoms with van der Waals surface area (Å²) in [6.45, 7) is 10.6. The Labute approximate surface area is 162 Å². The predicted octanol–water partition coefficient (Wildman–Crippen LogP) is 2.41. The molecule has 1 aromatic heterocycles. The van der Waals surface area contributed by atoms with Gasteiger partial charge in [-0.25, -0.2) is 4.68 Å². The summed E-state index contributed by atoms with van der Waals surface area (Å²) in [4.78, 5) is 29.0. The molecule has 0 aromatic carbocycles. The van der Waals surface area contributed by atoms with E-state index in [9.17, 15) is 9.59 Å². The lowest BCUT2D eigenvalue weighted by atomic mass is 9.92. The SMILES string of the molecule is CC(C)(C)c1ccc(=O)n(CC2CCCN2CCN2CCCCCC2=O)n1. The summed E-state index contributed by atoms with van der Waals surface area (Å²) in [6, 6.07) is 3.81. The van der Waals surface area contributed by atoms with E-state index in [2.05, 4.69) is 30.8 Å². The van der Waals surface area contributed by atoms with Gasteiger partial charge in [-0.05, 0) is 38.3 Å². The summed E-state index contributed by atoms with van der Waals surface area (Å²) >= 11 is 0. The van der Waals surface area contributed by atoms with Crippen molar-refractivity contribution in [1.29, 1.82) is 0 Å². The van der Waals surface area contributed by atoms with E-state index in [4.69, 9.17) is 0 Å². The van der Waals surface area contributed by atoms with Crippen molar-refractivity contribution in [3.05, 3.63) is 28.2 Å². The summed E-state index contributed by atoms with van der Waals surface area (Å²) in [5.41, 5.74) is 0.845. The van der Waals surface area contributed by atoms with E-state index >= 15 is 0 Å². The Balaban J connectivity index is 1.63. The largest absolute Gasteiger partial charge is 0.341 e. The predicted molar refractivity (Wildman–Crippen MR) is 107 cm³/mol. The fraction of sp³-hybridized carbons (Fsp3) is 0.762. The lowest BCUT2D eigenvalue weighted by Gasteiger charge is -2.28. The molecular formula is C21H34N4O2. The highest BCUT2D eigenvalue weighted by molar-refractivity contribution is 5.76. The first-order chi connectivity index (χ1) is 12.8. The molecule has 0 spiro atoms. The minimum absolute atomic E-state index is 0.0301. The Morgan fingerprint density at radius 3 is 2.63 bits per heavy atom. The molecule has 150 valence electrons. The van der Waals surface area contributed by atoms with Crippen molar-refractivity contribution in [3.63, 3.8) is 0 Å². The first-order valence-electron chi connectivity index (χ1n) is 10.4. The van der Waals surface area contributed by atoms with E-state index in [0.717, 1.165) is 64.0 Å². The van der Waals surface area contributed by atoms with E-state index in [1.165, 1.54) is 0 Å². The molecule has 6 heteroatoms. The fourth-order valence-electron chi connectivity index (χ4n) is 4.10. The number of carbonyl (C=O) groups excluding carboxylic acids is 1. The highest BCUT2D eigenvalue weighted by Gasteiger charge is 2.27. The van der Waals surface area contributed by atoms with E-state index in [1.807, 2.05) is 11.0 Å². The van der Waals surface area contributed by atoms with Crippen molar-refractivity contribution in [1.82, 2.24) is 19.6 Å². The number of amides is 1. The van der Waals surface area contributed by atoms with Crippen LogP contribution in [-0.4, -0.2) is 57.7 Å². The molecule has 0 bridgehead atoms. The average molecular weight is 375 g/mol. The Bertz CT molecular complexity index is 707. The average Bonchev–Trinajstić information content (AvgIpc) is 2.94. The van der Waals surface area contributed by atoms with Crippen molar-refractivity contribution < 1.29 is 4.79 Å². The van der Waals surface area contributed by atoms with Gasteiger partial charge in [0.25, 0.3) is 5.56 Å². The summed E-state index contributed by atoms with van der Waals surface area (Å²) in [5, 5.41) is 4.63. The van der Waals surface area contributed by atoms with Crippen LogP contribution in [0.3, 0.4) is 0 Å². The fourth-order valence-corrected chi connectivity index (χ4v) is 4.10. The monoisotopic (exact) mass is 374 g/mol. The van der Waals surface area contributed by atoms with Crippen LogP contribution < -0.4 is 5.56 Å². The van der Waals surface area contributed by atoms with Gasteiger partial charge >= 0.3 is 0 Å². The normalized spacial score (nSPS) is 22.3. The second-order valence-electron chi connectivity index (χ2n) is 9.01. The number of nitrogens with zero attached hydrogens (tertiary/aromatic N) is 4. The Kier molecular flexibility index (Phi) is 6.35. The van der Waals surface area contributed by atoms with E-state index < -0.39 is 0 Å². The zero-order valence-corrected chi connectivity index (χ0v) is 17.1. The molecule has 1 unspecified atom stereocenters. The molecule has 0 saturated carbocycles. The van der Waals surface area contributed by atoms with Gasteiger partial charge in [0, 0.05) is 43.6 Å². The molecule has 0 N–H and O–H groups in total. The van der Waals surface area contributed by atoms with Gasteiger partial charge in [0.05, 0.1) is 12.2 Å². The van der Waals surface area contributed by atoms with Gasteiger partial charge in [-0.2, -0.15) is 5.10 Å². The van der Waals surface area contributed by atoms with Crippen LogP contribution in [0, 0.1) is 0 Å². The zero-order chi connectivity index (χ0) is 19.4. The highest BCUT2D eigenvalue weighted by Crippen LogP contribution is 2.21. The lowest BCUT2D eigenvalue weighted by Crippen LogP contribution is -2.43. The van der Waals surface area contributed by atoms with E-state index in [0.29, 0.717) is 24.9 Å². The second kappa shape index (κ2) is 8.55. The van der Waals surface area contributed by atoms with Gasteiger partial charge in [0.1, 0.15) is 0 Å². The van der Waals surface area contributed by atoms with Crippen LogP contribution in [0.5, 0.6) is 0 Å². The maximum Gasteiger partial charge on any atom is 0.266 e. The van der Waals surface area contributed by atoms with Gasteiger partial charge in [0.2, 0.25) is 5.91 Å². The Morgan fingerprint density at radius 2 is 1.85 bits per heavy atom. The number of hydrogen-bond acceptors (Lipinski definition) is 4. The van der Waals surface area contributed by atoms with E-state index in [-0.39, 0.29) is 11.0 Å². The van der Waals surface area contributed by atoms with Crippen molar-refractivity contribution in [3.8, 4) is 0 Å². The first-order valence-corrected chi connectivity index (χ1v) is 10.4. The number of rotatable bonds is 5. The molecule has 3 rings (SSSR count). The van der Waals surface area contributed by atoms with Gasteiger partial charge in [-0.3, -0.25) is 14.5 Å². The number of hydrogen-bond donors (Lipinski definition) is 0. The molecule has 2 aliphatic heterocycles. The van der Waals surface area contributed by atoms with Gasteiger partial charge in [-0.1, -0.05) is 27.2 Å². The number of aromatic nitrogens is 2. The molecule has 0 radical (unpaired) electrons. The topological polar surface area (TPSA) is 58.4 Å². The summed E-state index contributed by atoms with van der Waals surface area (Å²) in [5.74, 6) is 0.305. The molecule has 6 nitrogen and oxygen atoms in total. The van der Waals surface area contributed by atoms with Crippen LogP contribution in [0.15, 0.2) is 16.9 Å². The van der Waals surface area contributed by atoms with Crippen LogP contribution >= 0.6 is 0 Å². The maximum atomic E-state index is 12.3. The van der Waals surface area contributed by atoms with Crippen molar-refractivity contribution in [2.24, 2.45) is 0 Å². The number of carbonyl (C=O) groups is 1. The third-order valence-corrected chi connectivity index (χ3v) is 5.85. The van der Waals surface area contributed by atoms with Crippen molar-refractivity contribution in [2.45, 2.75) is 77.3 Å². The van der Waals surface area contributed by atoms with Crippen LogP contribution in [0.4, 0.5) is 0 Å². The molecule has 0 aliphatic carbocycles. The summed E-state index contributed by atoms with van der Waals surface area (Å²) < 4.78 is 1.64. The van der Waals surface area contributed by atoms with Gasteiger partial charge < -0.3 is 4.90 Å². The Morgan fingerprint density at radius 1 is 1.04 bits per heavy atom. The third-order valence-electron chi connectivity index (χ3n) is 5.85. The molecule has 1 amide bonds. The molecule has 2 aliphatic rings. The molecule has 2 fully saturated rings. The van der Waals surface area contributed by atoms with Gasteiger partial charge in [-0.15, -0.1) is 0 Å². The van der Waals surface area contributed by atoms with Crippen molar-refractivity contribution in [2.75, 3.05) is 26.2 Å². The standard InChI is InChI=1S/C21H34N4O2/c1-21(2,3)18-10-11-20(27)25(22-18)16-17-8-7-13-23(17)14-15-24-12-6-4-5-9-19(24)26/h10-11,17H,4-9,12-16H2,1-3H3. The summed E-state index contributed by atoms with van der Waals surface area (Å²) in [7, 11) is 0. The molecule has 2 saturated heterocycles. The molecular weight excluding hydrogens is 340 g/mol. The van der Waals surface area contributed by atoms with Gasteiger partial charge in [0.15, 0.2) is 0 Å². The molecule has 1 aromatic rings. The molecule has 3 heterocycles. The van der Waals surface area contributed by atoms with Crippen LogP contribution in [0.1, 0.15) is 65.0 Å². The minimum Gasteiger partial charge on any atom is -0.341 e. The Hall–Kier alpha value is -1.69. The smallest absolute Gasteiger partial charge is 0.266 e. The zero-order valence-electron chi connectivity index (χ0n) is 17.1. The molecule has 27 heavy (non-hydrogen) atoms. The third kappa shape index (κ3) is 5.18. The minimum atomic E-state index is -0.0715. The maximum absolute atomic E-state index is 12.3.